The average Bonchev–Trinajstić information content (AvgIpc) is 3.12. The lowest BCUT2D eigenvalue weighted by atomic mass is 10.0. The molecule has 2 saturated heterocycles. The number of nitrogens with zero attached hydrogens (tertiary/aromatic N) is 4. The summed E-state index contributed by atoms with van der Waals surface area (Å²) < 4.78 is 2.16. The van der Waals surface area contributed by atoms with Gasteiger partial charge in [-0.05, 0) is 25.0 Å². The van der Waals surface area contributed by atoms with Crippen LogP contribution in [0.15, 0.2) is 24.3 Å². The van der Waals surface area contributed by atoms with Gasteiger partial charge in [0.25, 0.3) is 0 Å². The maximum atomic E-state index is 11.8. The molecule has 6 heteroatoms. The number of para-hydroxylation sites is 2. The highest BCUT2D eigenvalue weighted by Crippen LogP contribution is 2.25. The zero-order valence-corrected chi connectivity index (χ0v) is 12.8. The van der Waals surface area contributed by atoms with Crippen molar-refractivity contribution in [1.29, 1.82) is 0 Å². The third kappa shape index (κ3) is 2.10. The number of hydrogen-bond donors (Lipinski definition) is 1. The Labute approximate surface area is 129 Å². The number of fused-ring (bicyclic) bond motifs is 1. The molecule has 0 spiro atoms. The molecule has 4 rings (SSSR count). The Hall–Kier alpha value is -2.24. The van der Waals surface area contributed by atoms with E-state index in [4.69, 9.17) is 4.98 Å². The second-order valence-electron chi connectivity index (χ2n) is 6.10. The molecule has 2 aromatic rings. The van der Waals surface area contributed by atoms with Gasteiger partial charge in [-0.3, -0.25) is 0 Å². The number of rotatable bonds is 2. The van der Waals surface area contributed by atoms with E-state index in [1.165, 1.54) is 5.52 Å². The molecule has 0 bridgehead atoms. The van der Waals surface area contributed by atoms with Gasteiger partial charge in [0.05, 0.1) is 11.0 Å². The van der Waals surface area contributed by atoms with Crippen LogP contribution in [-0.2, 0) is 7.05 Å². The molecule has 0 radical (unpaired) electrons. The molecule has 3 heterocycles. The predicted octanol–water partition coefficient (Wildman–Crippen LogP) is 1.57. The number of nitrogens with one attached hydrogen (secondary N) is 1. The first-order valence-electron chi connectivity index (χ1n) is 7.95. The third-order valence-corrected chi connectivity index (χ3v) is 4.84. The summed E-state index contributed by atoms with van der Waals surface area (Å²) in [6.07, 6.45) is 2.02. The zero-order valence-electron chi connectivity index (χ0n) is 12.8. The minimum Gasteiger partial charge on any atom is -0.342 e. The molecule has 116 valence electrons. The van der Waals surface area contributed by atoms with E-state index in [1.807, 2.05) is 17.0 Å². The maximum Gasteiger partial charge on any atom is 0.317 e. The van der Waals surface area contributed by atoms with Crippen LogP contribution in [-0.4, -0.2) is 52.7 Å². The Bertz CT molecular complexity index is 702. The summed E-state index contributed by atoms with van der Waals surface area (Å²) in [5.41, 5.74) is 2.21. The van der Waals surface area contributed by atoms with E-state index in [-0.39, 0.29) is 6.03 Å². The van der Waals surface area contributed by atoms with Gasteiger partial charge in [-0.2, -0.15) is 0 Å². The minimum absolute atomic E-state index is 0.0983. The molecule has 6 nitrogen and oxygen atoms in total. The van der Waals surface area contributed by atoms with Gasteiger partial charge in [0.1, 0.15) is 0 Å². The highest BCUT2D eigenvalue weighted by Gasteiger charge is 2.31. The van der Waals surface area contributed by atoms with Gasteiger partial charge in [0.2, 0.25) is 5.95 Å². The summed E-state index contributed by atoms with van der Waals surface area (Å²) in [6, 6.07) is 8.70. The van der Waals surface area contributed by atoms with Crippen LogP contribution in [0.5, 0.6) is 0 Å². The number of carbonyl (C=O) groups is 1. The fraction of sp³-hybridized carbons (Fsp3) is 0.500. The van der Waals surface area contributed by atoms with Gasteiger partial charge in [-0.25, -0.2) is 9.78 Å². The molecule has 1 aromatic heterocycles. The van der Waals surface area contributed by atoms with Crippen LogP contribution in [0.4, 0.5) is 10.7 Å². The number of aryl methyl sites for hydroxylation is 1. The smallest absolute Gasteiger partial charge is 0.317 e. The van der Waals surface area contributed by atoms with Gasteiger partial charge in [0, 0.05) is 39.3 Å². The van der Waals surface area contributed by atoms with Crippen LogP contribution in [0, 0.1) is 0 Å². The van der Waals surface area contributed by atoms with E-state index in [1.54, 1.807) is 0 Å². The number of anilines is 1. The second kappa shape index (κ2) is 5.19. The Morgan fingerprint density at radius 1 is 1.18 bits per heavy atom. The van der Waals surface area contributed by atoms with E-state index >= 15 is 0 Å². The molecule has 0 aliphatic carbocycles. The van der Waals surface area contributed by atoms with Crippen molar-refractivity contribution in [3.63, 3.8) is 0 Å². The normalized spacial score (nSPS) is 20.0. The Kier molecular flexibility index (Phi) is 3.17. The van der Waals surface area contributed by atoms with Crippen molar-refractivity contribution < 1.29 is 4.79 Å². The molecule has 2 aliphatic rings. The topological polar surface area (TPSA) is 53.4 Å². The second-order valence-corrected chi connectivity index (χ2v) is 6.10. The van der Waals surface area contributed by atoms with E-state index in [0.29, 0.717) is 6.04 Å². The summed E-state index contributed by atoms with van der Waals surface area (Å²) in [6.45, 7) is 3.52. The monoisotopic (exact) mass is 299 g/mol. The standard InChI is InChI=1S/C16H21N5O/c1-19-14-5-3-2-4-13(14)18-15(19)20-9-6-12(7-10-20)21-11-8-17-16(21)22/h2-5,12H,6-11H2,1H3,(H,17,22). The maximum absolute atomic E-state index is 11.8. The molecule has 0 saturated carbocycles. The lowest BCUT2D eigenvalue weighted by Crippen LogP contribution is -2.46. The lowest BCUT2D eigenvalue weighted by Gasteiger charge is -2.36. The number of benzene rings is 1. The molecule has 2 aliphatic heterocycles. The summed E-state index contributed by atoms with van der Waals surface area (Å²) >= 11 is 0. The van der Waals surface area contributed by atoms with E-state index < -0.39 is 0 Å². The van der Waals surface area contributed by atoms with Crippen molar-refractivity contribution in [3.05, 3.63) is 24.3 Å². The van der Waals surface area contributed by atoms with Gasteiger partial charge >= 0.3 is 6.03 Å². The van der Waals surface area contributed by atoms with Crippen LogP contribution >= 0.6 is 0 Å². The van der Waals surface area contributed by atoms with Crippen LogP contribution in [0.2, 0.25) is 0 Å². The number of piperidine rings is 1. The quantitative estimate of drug-likeness (QED) is 0.916. The molecule has 0 atom stereocenters. The fourth-order valence-electron chi connectivity index (χ4n) is 3.63. The van der Waals surface area contributed by atoms with Crippen molar-refractivity contribution in [2.24, 2.45) is 7.05 Å². The third-order valence-electron chi connectivity index (χ3n) is 4.84. The number of urea groups is 1. The van der Waals surface area contributed by atoms with Gasteiger partial charge in [0.15, 0.2) is 0 Å². The predicted molar refractivity (Wildman–Crippen MR) is 86.1 cm³/mol. The van der Waals surface area contributed by atoms with Gasteiger partial charge in [-0.15, -0.1) is 0 Å². The number of carbonyl (C=O) groups excluding carboxylic acids is 1. The van der Waals surface area contributed by atoms with Crippen LogP contribution in [0.3, 0.4) is 0 Å². The summed E-state index contributed by atoms with van der Waals surface area (Å²) in [7, 11) is 2.07. The largest absolute Gasteiger partial charge is 0.342 e. The van der Waals surface area contributed by atoms with Crippen LogP contribution < -0.4 is 10.2 Å². The Balaban J connectivity index is 1.51. The molecule has 1 N–H and O–H groups in total. The number of aromatic nitrogens is 2. The van der Waals surface area contributed by atoms with E-state index in [2.05, 4.69) is 34.0 Å². The van der Waals surface area contributed by atoms with Crippen molar-refractivity contribution in [2.45, 2.75) is 18.9 Å². The molecule has 2 amide bonds. The first-order chi connectivity index (χ1) is 10.7. The molecule has 1 aromatic carbocycles. The minimum atomic E-state index is 0.0983. The summed E-state index contributed by atoms with van der Waals surface area (Å²) in [4.78, 5) is 20.9. The highest BCUT2D eigenvalue weighted by molar-refractivity contribution is 5.79. The van der Waals surface area contributed by atoms with Gasteiger partial charge in [-0.1, -0.05) is 12.1 Å². The van der Waals surface area contributed by atoms with E-state index in [9.17, 15) is 4.79 Å². The number of hydrogen-bond acceptors (Lipinski definition) is 3. The number of amides is 2. The van der Waals surface area contributed by atoms with E-state index in [0.717, 1.165) is 50.5 Å². The van der Waals surface area contributed by atoms with Crippen molar-refractivity contribution in [1.82, 2.24) is 19.8 Å². The van der Waals surface area contributed by atoms with Gasteiger partial charge < -0.3 is 19.7 Å². The first-order valence-corrected chi connectivity index (χ1v) is 7.95. The zero-order chi connectivity index (χ0) is 15.1. The lowest BCUT2D eigenvalue weighted by molar-refractivity contribution is 0.186. The van der Waals surface area contributed by atoms with Crippen molar-refractivity contribution in [2.75, 3.05) is 31.1 Å². The molecular formula is C16H21N5O. The molecule has 2 fully saturated rings. The summed E-state index contributed by atoms with van der Waals surface area (Å²) in [5, 5.41) is 2.89. The first kappa shape index (κ1) is 13.4. The molecule has 0 unspecified atom stereocenters. The SMILES string of the molecule is Cn1c(N2CCC(N3CCNC3=O)CC2)nc2ccccc21. The van der Waals surface area contributed by atoms with Crippen LogP contribution in [0.1, 0.15) is 12.8 Å². The molecule has 22 heavy (non-hydrogen) atoms. The highest BCUT2D eigenvalue weighted by atomic mass is 16.2. The van der Waals surface area contributed by atoms with Crippen molar-refractivity contribution >= 4 is 23.0 Å². The average molecular weight is 299 g/mol. The fourth-order valence-corrected chi connectivity index (χ4v) is 3.63. The summed E-state index contributed by atoms with van der Waals surface area (Å²) in [5.74, 6) is 1.03. The Morgan fingerprint density at radius 3 is 2.64 bits per heavy atom. The van der Waals surface area contributed by atoms with Crippen LogP contribution in [0.25, 0.3) is 11.0 Å². The Morgan fingerprint density at radius 2 is 1.95 bits per heavy atom. The van der Waals surface area contributed by atoms with Crippen molar-refractivity contribution in [3.8, 4) is 0 Å². The number of imidazole rings is 1. The molecular weight excluding hydrogens is 278 g/mol.